The first-order chi connectivity index (χ1) is 6.34. The summed E-state index contributed by atoms with van der Waals surface area (Å²) >= 11 is 0. The van der Waals surface area contributed by atoms with Gasteiger partial charge in [-0.3, -0.25) is 4.39 Å². The van der Waals surface area contributed by atoms with Gasteiger partial charge in [0.05, 0.1) is 18.9 Å². The molecule has 1 aliphatic rings. The van der Waals surface area contributed by atoms with Crippen molar-refractivity contribution in [2.75, 3.05) is 6.67 Å². The van der Waals surface area contributed by atoms with Gasteiger partial charge < -0.3 is 4.74 Å². The number of rotatable bonds is 8. The van der Waals surface area contributed by atoms with Crippen molar-refractivity contribution < 1.29 is 9.13 Å². The highest BCUT2D eigenvalue weighted by molar-refractivity contribution is 4.79. The summed E-state index contributed by atoms with van der Waals surface area (Å²) in [5.41, 5.74) is 0. The fourth-order valence-corrected chi connectivity index (χ4v) is 1.68. The Kier molecular flexibility index (Phi) is 5.37. The molecule has 0 spiro atoms. The van der Waals surface area contributed by atoms with Gasteiger partial charge in [0.1, 0.15) is 0 Å². The van der Waals surface area contributed by atoms with Gasteiger partial charge >= 0.3 is 0 Å². The summed E-state index contributed by atoms with van der Waals surface area (Å²) in [5, 5.41) is 0. The van der Waals surface area contributed by atoms with E-state index in [1.165, 1.54) is 32.1 Å². The zero-order valence-electron chi connectivity index (χ0n) is 8.60. The predicted molar refractivity (Wildman–Crippen MR) is 52.6 cm³/mol. The molecule has 1 nitrogen and oxygen atoms in total. The van der Waals surface area contributed by atoms with E-state index in [-0.39, 0.29) is 6.67 Å². The van der Waals surface area contributed by atoms with E-state index >= 15 is 0 Å². The van der Waals surface area contributed by atoms with Gasteiger partial charge in [-0.15, -0.1) is 0 Å². The van der Waals surface area contributed by atoms with Crippen molar-refractivity contribution in [3.05, 3.63) is 0 Å². The van der Waals surface area contributed by atoms with Crippen LogP contribution < -0.4 is 0 Å². The fourth-order valence-electron chi connectivity index (χ4n) is 1.68. The van der Waals surface area contributed by atoms with E-state index in [9.17, 15) is 4.39 Å². The summed E-state index contributed by atoms with van der Waals surface area (Å²) in [5.74, 6) is 0. The quantitative estimate of drug-likeness (QED) is 0.419. The minimum absolute atomic E-state index is 0.145. The maximum absolute atomic E-state index is 11.7. The van der Waals surface area contributed by atoms with Gasteiger partial charge in [0.25, 0.3) is 0 Å². The average Bonchev–Trinajstić information content (AvgIpc) is 2.81. The first-order valence-electron chi connectivity index (χ1n) is 5.56. The molecule has 0 amide bonds. The molecule has 1 fully saturated rings. The van der Waals surface area contributed by atoms with Crippen LogP contribution in [0.4, 0.5) is 4.39 Å². The van der Waals surface area contributed by atoms with Crippen molar-refractivity contribution in [2.45, 2.75) is 64.1 Å². The fraction of sp³-hybridized carbons (Fsp3) is 1.00. The molecular formula is C11H21FO. The zero-order valence-corrected chi connectivity index (χ0v) is 8.60. The van der Waals surface area contributed by atoms with Gasteiger partial charge in [-0.1, -0.05) is 32.1 Å². The number of hydrogen-bond acceptors (Lipinski definition) is 1. The molecule has 1 rings (SSSR count). The second-order valence-electron chi connectivity index (χ2n) is 3.98. The molecule has 0 N–H and O–H groups in total. The Balaban J connectivity index is 1.69. The molecule has 2 heteroatoms. The summed E-state index contributed by atoms with van der Waals surface area (Å²) in [6, 6.07) is 0. The summed E-state index contributed by atoms with van der Waals surface area (Å²) in [4.78, 5) is 0. The second kappa shape index (κ2) is 6.36. The highest BCUT2D eigenvalue weighted by atomic mass is 19.1. The Morgan fingerprint density at radius 1 is 1.00 bits per heavy atom. The van der Waals surface area contributed by atoms with Crippen LogP contribution in [0.25, 0.3) is 0 Å². The lowest BCUT2D eigenvalue weighted by Gasteiger charge is -1.98. The first-order valence-corrected chi connectivity index (χ1v) is 5.56. The molecule has 2 unspecified atom stereocenters. The van der Waals surface area contributed by atoms with E-state index in [2.05, 4.69) is 6.92 Å². The molecule has 0 aromatic heterocycles. The molecule has 2 atom stereocenters. The van der Waals surface area contributed by atoms with E-state index in [1.54, 1.807) is 0 Å². The van der Waals surface area contributed by atoms with Crippen molar-refractivity contribution in [1.29, 1.82) is 0 Å². The maximum Gasteiger partial charge on any atom is 0.0894 e. The number of hydrogen-bond donors (Lipinski definition) is 0. The Hall–Kier alpha value is -0.110. The lowest BCUT2D eigenvalue weighted by molar-refractivity contribution is 0.364. The van der Waals surface area contributed by atoms with E-state index in [4.69, 9.17) is 4.74 Å². The number of epoxide rings is 1. The molecule has 0 bridgehead atoms. The summed E-state index contributed by atoms with van der Waals surface area (Å²) in [6.45, 7) is 1.99. The molecule has 78 valence electrons. The maximum atomic E-state index is 11.7. The molecule has 0 radical (unpaired) electrons. The monoisotopic (exact) mass is 188 g/mol. The van der Waals surface area contributed by atoms with Crippen molar-refractivity contribution >= 4 is 0 Å². The number of alkyl halides is 1. The molecule has 13 heavy (non-hydrogen) atoms. The number of halogens is 1. The van der Waals surface area contributed by atoms with Gasteiger partial charge in [0.2, 0.25) is 0 Å². The van der Waals surface area contributed by atoms with Crippen molar-refractivity contribution in [2.24, 2.45) is 0 Å². The molecule has 1 aliphatic heterocycles. The van der Waals surface area contributed by atoms with Crippen LogP contribution in [0.5, 0.6) is 0 Å². The molecular weight excluding hydrogens is 167 g/mol. The van der Waals surface area contributed by atoms with Crippen LogP contribution in [0.2, 0.25) is 0 Å². The molecule has 1 heterocycles. The third-order valence-electron chi connectivity index (χ3n) is 2.71. The minimum atomic E-state index is -0.145. The van der Waals surface area contributed by atoms with Gasteiger partial charge in [-0.05, 0) is 19.8 Å². The van der Waals surface area contributed by atoms with E-state index in [0.29, 0.717) is 12.2 Å². The first kappa shape index (κ1) is 11.0. The van der Waals surface area contributed by atoms with Crippen LogP contribution in [0.3, 0.4) is 0 Å². The lowest BCUT2D eigenvalue weighted by atomic mass is 10.1. The van der Waals surface area contributed by atoms with Crippen LogP contribution in [-0.4, -0.2) is 18.9 Å². The van der Waals surface area contributed by atoms with E-state index in [0.717, 1.165) is 12.8 Å². The normalized spacial score (nSPS) is 26.3. The Morgan fingerprint density at radius 2 is 1.54 bits per heavy atom. The number of ether oxygens (including phenoxy) is 1. The standard InChI is InChI=1S/C11H21FO/c1-10-11(13-10)8-6-4-2-3-5-7-9-12/h10-11H,2-9H2,1H3. The predicted octanol–water partition coefficient (Wildman–Crippen LogP) is 3.47. The lowest BCUT2D eigenvalue weighted by Crippen LogP contribution is -1.89. The van der Waals surface area contributed by atoms with E-state index in [1.807, 2.05) is 0 Å². The largest absolute Gasteiger partial charge is 0.370 e. The summed E-state index contributed by atoms with van der Waals surface area (Å²) < 4.78 is 17.0. The number of unbranched alkanes of at least 4 members (excludes halogenated alkanes) is 5. The topological polar surface area (TPSA) is 12.5 Å². The van der Waals surface area contributed by atoms with Crippen LogP contribution in [0, 0.1) is 0 Å². The Labute approximate surface area is 80.7 Å². The van der Waals surface area contributed by atoms with Crippen LogP contribution >= 0.6 is 0 Å². The molecule has 0 aromatic carbocycles. The Bertz CT molecular complexity index is 127. The van der Waals surface area contributed by atoms with Crippen molar-refractivity contribution in [3.8, 4) is 0 Å². The van der Waals surface area contributed by atoms with Crippen LogP contribution in [0.15, 0.2) is 0 Å². The minimum Gasteiger partial charge on any atom is -0.370 e. The zero-order chi connectivity index (χ0) is 9.52. The average molecular weight is 188 g/mol. The summed E-state index contributed by atoms with van der Waals surface area (Å²) in [6.07, 6.45) is 9.16. The van der Waals surface area contributed by atoms with Gasteiger partial charge in [-0.25, -0.2) is 0 Å². The van der Waals surface area contributed by atoms with E-state index < -0.39 is 0 Å². The van der Waals surface area contributed by atoms with Gasteiger partial charge in [0, 0.05) is 0 Å². The molecule has 0 aliphatic carbocycles. The van der Waals surface area contributed by atoms with Gasteiger partial charge in [0.15, 0.2) is 0 Å². The van der Waals surface area contributed by atoms with Crippen LogP contribution in [-0.2, 0) is 4.74 Å². The second-order valence-corrected chi connectivity index (χ2v) is 3.98. The molecule has 0 aromatic rings. The Morgan fingerprint density at radius 3 is 2.08 bits per heavy atom. The SMILES string of the molecule is CC1OC1CCCCCCCCF. The van der Waals surface area contributed by atoms with Crippen molar-refractivity contribution in [3.63, 3.8) is 0 Å². The third-order valence-corrected chi connectivity index (χ3v) is 2.71. The molecule has 1 saturated heterocycles. The van der Waals surface area contributed by atoms with Crippen molar-refractivity contribution in [1.82, 2.24) is 0 Å². The summed E-state index contributed by atoms with van der Waals surface area (Å²) in [7, 11) is 0. The molecule has 0 saturated carbocycles. The third kappa shape index (κ3) is 5.25. The smallest absolute Gasteiger partial charge is 0.0894 e. The van der Waals surface area contributed by atoms with Gasteiger partial charge in [-0.2, -0.15) is 0 Å². The van der Waals surface area contributed by atoms with Crippen LogP contribution in [0.1, 0.15) is 51.9 Å². The highest BCUT2D eigenvalue weighted by Crippen LogP contribution is 2.26. The highest BCUT2D eigenvalue weighted by Gasteiger charge is 2.32.